The van der Waals surface area contributed by atoms with Crippen molar-refractivity contribution in [3.05, 3.63) is 55.8 Å². The molecule has 0 radical (unpaired) electrons. The molecule has 1 aromatic carbocycles. The number of H-pyrrole nitrogens is 1. The summed E-state index contributed by atoms with van der Waals surface area (Å²) in [4.78, 5) is 25.9. The minimum atomic E-state index is -2.80. The highest BCUT2D eigenvalue weighted by atomic mass is 35.5. The maximum absolute atomic E-state index is 12.4. The van der Waals surface area contributed by atoms with Gasteiger partial charge in [0.25, 0.3) is 12.0 Å². The number of hydrogen-bond acceptors (Lipinski definition) is 2. The van der Waals surface area contributed by atoms with Crippen LogP contribution in [-0.4, -0.2) is 16.0 Å². The van der Waals surface area contributed by atoms with Gasteiger partial charge in [0.1, 0.15) is 5.15 Å². The third-order valence-corrected chi connectivity index (χ3v) is 3.08. The molecule has 0 aliphatic heterocycles. The second kappa shape index (κ2) is 5.58. The van der Waals surface area contributed by atoms with Gasteiger partial charge < -0.3 is 0 Å². The lowest BCUT2D eigenvalue weighted by Crippen LogP contribution is -2.38. The zero-order chi connectivity index (χ0) is 14.9. The predicted molar refractivity (Wildman–Crippen MR) is 72.5 cm³/mol. The summed E-state index contributed by atoms with van der Waals surface area (Å²) in [7, 11) is 0. The zero-order valence-corrected chi connectivity index (χ0v) is 11.2. The number of halogens is 3. The average Bonchev–Trinajstić information content (AvgIpc) is 2.36. The van der Waals surface area contributed by atoms with E-state index in [9.17, 15) is 18.4 Å². The topological polar surface area (TPSA) is 54.9 Å². The minimum absolute atomic E-state index is 0.00640. The van der Waals surface area contributed by atoms with E-state index >= 15 is 0 Å². The Morgan fingerprint density at radius 2 is 1.85 bits per heavy atom. The van der Waals surface area contributed by atoms with Crippen LogP contribution in [0.4, 0.5) is 8.78 Å². The SMILES string of the molecule is Cc1ccc(-c2c(Cl)[nH]c(=O)n(CC(F)F)c2=O)cc1. The molecule has 1 aromatic heterocycles. The highest BCUT2D eigenvalue weighted by Crippen LogP contribution is 2.21. The third kappa shape index (κ3) is 2.80. The molecule has 2 rings (SSSR count). The van der Waals surface area contributed by atoms with E-state index in [1.807, 2.05) is 6.92 Å². The molecule has 2 aromatic rings. The van der Waals surface area contributed by atoms with Crippen molar-refractivity contribution in [3.63, 3.8) is 0 Å². The highest BCUT2D eigenvalue weighted by Gasteiger charge is 2.17. The summed E-state index contributed by atoms with van der Waals surface area (Å²) in [5, 5.41) is -0.158. The van der Waals surface area contributed by atoms with Crippen molar-refractivity contribution < 1.29 is 8.78 Å². The Labute approximate surface area is 117 Å². The molecule has 0 amide bonds. The van der Waals surface area contributed by atoms with Crippen LogP contribution in [-0.2, 0) is 6.54 Å². The van der Waals surface area contributed by atoms with E-state index in [2.05, 4.69) is 4.98 Å². The number of aryl methyl sites for hydroxylation is 1. The van der Waals surface area contributed by atoms with E-state index in [4.69, 9.17) is 11.6 Å². The molecule has 0 saturated heterocycles. The van der Waals surface area contributed by atoms with Gasteiger partial charge in [-0.15, -0.1) is 0 Å². The Morgan fingerprint density at radius 3 is 2.40 bits per heavy atom. The van der Waals surface area contributed by atoms with Crippen molar-refractivity contribution in [1.82, 2.24) is 9.55 Å². The van der Waals surface area contributed by atoms with Crippen LogP contribution in [0.15, 0.2) is 33.9 Å². The number of benzene rings is 1. The van der Waals surface area contributed by atoms with Gasteiger partial charge in [0, 0.05) is 0 Å². The summed E-state index contributed by atoms with van der Waals surface area (Å²) in [5.41, 5.74) is -0.335. The monoisotopic (exact) mass is 300 g/mol. The molecule has 1 N–H and O–H groups in total. The molecular weight excluding hydrogens is 290 g/mol. The summed E-state index contributed by atoms with van der Waals surface area (Å²) in [6, 6.07) is 6.80. The van der Waals surface area contributed by atoms with Gasteiger partial charge in [0.05, 0.1) is 12.1 Å². The van der Waals surface area contributed by atoms with E-state index < -0.39 is 24.2 Å². The van der Waals surface area contributed by atoms with Crippen LogP contribution >= 0.6 is 11.6 Å². The molecule has 0 unspecified atom stereocenters. The molecule has 0 aliphatic carbocycles. The number of hydrogen-bond donors (Lipinski definition) is 1. The molecule has 0 aliphatic rings. The van der Waals surface area contributed by atoms with Crippen LogP contribution in [0.1, 0.15) is 5.56 Å². The first kappa shape index (κ1) is 14.5. The largest absolute Gasteiger partial charge is 0.329 e. The first-order chi connectivity index (χ1) is 9.40. The molecule has 1 heterocycles. The molecule has 20 heavy (non-hydrogen) atoms. The van der Waals surface area contributed by atoms with Crippen LogP contribution in [0.5, 0.6) is 0 Å². The Morgan fingerprint density at radius 1 is 1.25 bits per heavy atom. The third-order valence-electron chi connectivity index (χ3n) is 2.80. The fourth-order valence-electron chi connectivity index (χ4n) is 1.82. The molecule has 0 saturated carbocycles. The summed E-state index contributed by atoms with van der Waals surface area (Å²) in [6.07, 6.45) is -2.80. The van der Waals surface area contributed by atoms with Gasteiger partial charge in [-0.1, -0.05) is 41.4 Å². The van der Waals surface area contributed by atoms with Crippen molar-refractivity contribution in [2.24, 2.45) is 0 Å². The Balaban J connectivity index is 2.67. The van der Waals surface area contributed by atoms with Gasteiger partial charge >= 0.3 is 5.69 Å². The van der Waals surface area contributed by atoms with Crippen molar-refractivity contribution >= 4 is 11.6 Å². The van der Waals surface area contributed by atoms with E-state index in [1.54, 1.807) is 24.3 Å². The molecular formula is C13H11ClF2N2O2. The Hall–Kier alpha value is -1.95. The van der Waals surface area contributed by atoms with Crippen LogP contribution in [0.25, 0.3) is 11.1 Å². The van der Waals surface area contributed by atoms with Crippen molar-refractivity contribution in [1.29, 1.82) is 0 Å². The smallest absolute Gasteiger partial charge is 0.297 e. The molecule has 0 fully saturated rings. The van der Waals surface area contributed by atoms with E-state index in [-0.39, 0.29) is 10.7 Å². The van der Waals surface area contributed by atoms with Gasteiger partial charge in [-0.25, -0.2) is 13.6 Å². The summed E-state index contributed by atoms with van der Waals surface area (Å²) < 4.78 is 25.3. The first-order valence-corrected chi connectivity index (χ1v) is 6.15. The standard InChI is InChI=1S/C13H11ClF2N2O2/c1-7-2-4-8(5-3-7)10-11(14)17-13(20)18(12(10)19)6-9(15)16/h2-5,9H,6H2,1H3,(H,17,20). The molecule has 106 valence electrons. The number of rotatable bonds is 3. The average molecular weight is 301 g/mol. The van der Waals surface area contributed by atoms with Crippen molar-refractivity contribution in [2.75, 3.05) is 0 Å². The predicted octanol–water partition coefficient (Wildman–Crippen LogP) is 2.43. The van der Waals surface area contributed by atoms with E-state index in [0.29, 0.717) is 10.1 Å². The molecule has 0 atom stereocenters. The number of aromatic amines is 1. The Kier molecular flexibility index (Phi) is 4.04. The zero-order valence-electron chi connectivity index (χ0n) is 10.5. The fourth-order valence-corrected chi connectivity index (χ4v) is 2.09. The Bertz CT molecular complexity index is 736. The summed E-state index contributed by atoms with van der Waals surface area (Å²) in [6.45, 7) is 0.900. The number of nitrogens with zero attached hydrogens (tertiary/aromatic N) is 1. The molecule has 0 spiro atoms. The maximum Gasteiger partial charge on any atom is 0.329 e. The normalized spacial score (nSPS) is 11.1. The highest BCUT2D eigenvalue weighted by molar-refractivity contribution is 6.32. The first-order valence-electron chi connectivity index (χ1n) is 5.78. The molecule has 7 heteroatoms. The van der Waals surface area contributed by atoms with Gasteiger partial charge in [-0.3, -0.25) is 14.3 Å². The van der Waals surface area contributed by atoms with E-state index in [1.165, 1.54) is 0 Å². The molecule has 4 nitrogen and oxygen atoms in total. The van der Waals surface area contributed by atoms with Gasteiger partial charge in [0.15, 0.2) is 0 Å². The van der Waals surface area contributed by atoms with Crippen molar-refractivity contribution in [2.45, 2.75) is 19.9 Å². The number of aromatic nitrogens is 2. The van der Waals surface area contributed by atoms with Gasteiger partial charge in [-0.2, -0.15) is 0 Å². The second-order valence-electron chi connectivity index (χ2n) is 4.29. The minimum Gasteiger partial charge on any atom is -0.297 e. The van der Waals surface area contributed by atoms with Crippen LogP contribution in [0, 0.1) is 6.92 Å². The molecule has 0 bridgehead atoms. The number of nitrogens with one attached hydrogen (secondary N) is 1. The summed E-state index contributed by atoms with van der Waals surface area (Å²) >= 11 is 5.86. The second-order valence-corrected chi connectivity index (χ2v) is 4.67. The van der Waals surface area contributed by atoms with Gasteiger partial charge in [0.2, 0.25) is 0 Å². The lowest BCUT2D eigenvalue weighted by Gasteiger charge is -2.09. The fraction of sp³-hybridized carbons (Fsp3) is 0.231. The maximum atomic E-state index is 12.4. The quantitative estimate of drug-likeness (QED) is 0.885. The van der Waals surface area contributed by atoms with Gasteiger partial charge in [-0.05, 0) is 12.5 Å². The van der Waals surface area contributed by atoms with Crippen LogP contribution in [0.2, 0.25) is 5.15 Å². The van der Waals surface area contributed by atoms with Crippen LogP contribution in [0.3, 0.4) is 0 Å². The number of alkyl halides is 2. The lowest BCUT2D eigenvalue weighted by molar-refractivity contribution is 0.123. The van der Waals surface area contributed by atoms with Crippen molar-refractivity contribution in [3.8, 4) is 11.1 Å². The lowest BCUT2D eigenvalue weighted by atomic mass is 10.1. The van der Waals surface area contributed by atoms with E-state index in [0.717, 1.165) is 5.56 Å². The summed E-state index contributed by atoms with van der Waals surface area (Å²) in [5.74, 6) is 0. The van der Waals surface area contributed by atoms with Crippen LogP contribution < -0.4 is 11.2 Å².